The van der Waals surface area contributed by atoms with Crippen molar-refractivity contribution >= 4 is 10.8 Å². The van der Waals surface area contributed by atoms with E-state index in [2.05, 4.69) is 13.8 Å². The molecule has 0 N–H and O–H groups in total. The van der Waals surface area contributed by atoms with Crippen LogP contribution in [-0.2, 0) is 11.2 Å². The minimum atomic E-state index is -0.0445. The molecular formula is C18H22O4. The van der Waals surface area contributed by atoms with Crippen molar-refractivity contribution in [1.82, 2.24) is 0 Å². The first-order valence-corrected chi connectivity index (χ1v) is 7.51. The van der Waals surface area contributed by atoms with E-state index < -0.39 is 0 Å². The Balaban J connectivity index is 2.47. The molecule has 0 saturated carbocycles. The zero-order valence-electron chi connectivity index (χ0n) is 13.7. The van der Waals surface area contributed by atoms with Crippen molar-refractivity contribution in [3.63, 3.8) is 0 Å². The average molecular weight is 302 g/mol. The fraction of sp³-hybridized carbons (Fsp3) is 0.444. The van der Waals surface area contributed by atoms with Crippen molar-refractivity contribution in [2.24, 2.45) is 0 Å². The topological polar surface area (TPSA) is 36.9 Å². The first-order chi connectivity index (χ1) is 10.6. The van der Waals surface area contributed by atoms with Gasteiger partial charge in [-0.2, -0.15) is 0 Å². The van der Waals surface area contributed by atoms with Crippen LogP contribution in [0.5, 0.6) is 17.2 Å². The molecule has 3 rings (SSSR count). The second-order valence-corrected chi connectivity index (χ2v) is 5.63. The van der Waals surface area contributed by atoms with Gasteiger partial charge >= 0.3 is 0 Å². The van der Waals surface area contributed by atoms with Gasteiger partial charge < -0.3 is 18.9 Å². The van der Waals surface area contributed by atoms with Gasteiger partial charge in [-0.3, -0.25) is 0 Å². The van der Waals surface area contributed by atoms with Crippen LogP contribution in [0.15, 0.2) is 18.2 Å². The molecule has 4 nitrogen and oxygen atoms in total. The van der Waals surface area contributed by atoms with Gasteiger partial charge in [0, 0.05) is 22.9 Å². The van der Waals surface area contributed by atoms with E-state index in [-0.39, 0.29) is 12.2 Å². The third-order valence-corrected chi connectivity index (χ3v) is 4.30. The molecule has 2 atom stereocenters. The van der Waals surface area contributed by atoms with Crippen molar-refractivity contribution in [1.29, 1.82) is 0 Å². The Kier molecular flexibility index (Phi) is 3.87. The summed E-state index contributed by atoms with van der Waals surface area (Å²) in [5.41, 5.74) is 2.24. The molecule has 118 valence electrons. The lowest BCUT2D eigenvalue weighted by Gasteiger charge is -2.32. The summed E-state index contributed by atoms with van der Waals surface area (Å²) in [6.45, 7) is 4.14. The normalized spacial score (nSPS) is 20.6. The van der Waals surface area contributed by atoms with Crippen molar-refractivity contribution in [3.8, 4) is 17.2 Å². The summed E-state index contributed by atoms with van der Waals surface area (Å²) in [5, 5.41) is 1.95. The summed E-state index contributed by atoms with van der Waals surface area (Å²) in [6.07, 6.45) is 0.924. The van der Waals surface area contributed by atoms with Gasteiger partial charge in [-0.25, -0.2) is 0 Å². The number of fused-ring (bicyclic) bond motifs is 2. The van der Waals surface area contributed by atoms with Crippen molar-refractivity contribution in [2.75, 3.05) is 21.3 Å². The highest BCUT2D eigenvalue weighted by atomic mass is 16.5. The predicted octanol–water partition coefficient (Wildman–Crippen LogP) is 3.89. The Hall–Kier alpha value is -1.94. The van der Waals surface area contributed by atoms with Gasteiger partial charge in [-0.15, -0.1) is 0 Å². The molecule has 0 unspecified atom stereocenters. The van der Waals surface area contributed by atoms with E-state index in [0.29, 0.717) is 0 Å². The minimum Gasteiger partial charge on any atom is -0.496 e. The van der Waals surface area contributed by atoms with Gasteiger partial charge in [-0.1, -0.05) is 12.1 Å². The Bertz CT molecular complexity index is 708. The zero-order chi connectivity index (χ0) is 15.9. The maximum absolute atomic E-state index is 6.00. The zero-order valence-corrected chi connectivity index (χ0v) is 13.7. The van der Waals surface area contributed by atoms with Crippen LogP contribution < -0.4 is 14.2 Å². The summed E-state index contributed by atoms with van der Waals surface area (Å²) < 4.78 is 23.1. The highest BCUT2D eigenvalue weighted by Gasteiger charge is 2.31. The number of hydrogen-bond donors (Lipinski definition) is 0. The second-order valence-electron chi connectivity index (χ2n) is 5.63. The van der Waals surface area contributed by atoms with E-state index in [1.54, 1.807) is 21.3 Å². The molecule has 4 heteroatoms. The molecule has 0 saturated heterocycles. The van der Waals surface area contributed by atoms with Crippen LogP contribution in [0.4, 0.5) is 0 Å². The lowest BCUT2D eigenvalue weighted by molar-refractivity contribution is -0.00647. The largest absolute Gasteiger partial charge is 0.496 e. The monoisotopic (exact) mass is 302 g/mol. The van der Waals surface area contributed by atoms with Gasteiger partial charge in [0.15, 0.2) is 0 Å². The first kappa shape index (κ1) is 15.0. The maximum Gasteiger partial charge on any atom is 0.136 e. The highest BCUT2D eigenvalue weighted by molar-refractivity contribution is 6.00. The van der Waals surface area contributed by atoms with E-state index in [1.807, 2.05) is 18.2 Å². The smallest absolute Gasteiger partial charge is 0.136 e. The second kappa shape index (κ2) is 5.69. The minimum absolute atomic E-state index is 0.0445. The van der Waals surface area contributed by atoms with Gasteiger partial charge in [-0.05, 0) is 19.9 Å². The van der Waals surface area contributed by atoms with Crippen LogP contribution in [0.2, 0.25) is 0 Å². The maximum atomic E-state index is 6.00. The van der Waals surface area contributed by atoms with E-state index in [4.69, 9.17) is 18.9 Å². The quantitative estimate of drug-likeness (QED) is 0.862. The van der Waals surface area contributed by atoms with E-state index in [1.165, 1.54) is 5.56 Å². The van der Waals surface area contributed by atoms with Crippen LogP contribution in [0.25, 0.3) is 10.8 Å². The lowest BCUT2D eigenvalue weighted by atomic mass is 9.89. The molecule has 0 fully saturated rings. The van der Waals surface area contributed by atoms with Crippen molar-refractivity contribution < 1.29 is 18.9 Å². The molecule has 1 aliphatic heterocycles. The molecular weight excluding hydrogens is 280 g/mol. The fourth-order valence-electron chi connectivity index (χ4n) is 3.51. The fourth-order valence-corrected chi connectivity index (χ4v) is 3.51. The molecule has 0 aromatic heterocycles. The molecule has 2 aromatic carbocycles. The number of ether oxygens (including phenoxy) is 4. The number of benzene rings is 2. The van der Waals surface area contributed by atoms with E-state index >= 15 is 0 Å². The molecule has 22 heavy (non-hydrogen) atoms. The molecule has 1 heterocycles. The van der Waals surface area contributed by atoms with Crippen molar-refractivity contribution in [3.05, 3.63) is 29.3 Å². The Morgan fingerprint density at radius 2 is 1.73 bits per heavy atom. The molecule has 0 spiro atoms. The van der Waals surface area contributed by atoms with E-state index in [0.717, 1.165) is 40.0 Å². The third kappa shape index (κ3) is 2.10. The molecule has 2 aromatic rings. The summed E-state index contributed by atoms with van der Waals surface area (Å²) >= 11 is 0. The molecule has 0 radical (unpaired) electrons. The van der Waals surface area contributed by atoms with Crippen LogP contribution >= 0.6 is 0 Å². The summed E-state index contributed by atoms with van der Waals surface area (Å²) in [5.74, 6) is 2.50. The summed E-state index contributed by atoms with van der Waals surface area (Å²) in [4.78, 5) is 0. The molecule has 0 bridgehead atoms. The average Bonchev–Trinajstić information content (AvgIpc) is 2.51. The number of rotatable bonds is 3. The Labute approximate surface area is 130 Å². The molecule has 0 aliphatic carbocycles. The van der Waals surface area contributed by atoms with Gasteiger partial charge in [0.25, 0.3) is 0 Å². The van der Waals surface area contributed by atoms with Crippen LogP contribution in [0, 0.1) is 0 Å². The molecule has 0 amide bonds. The molecule has 1 aliphatic rings. The Morgan fingerprint density at radius 3 is 2.36 bits per heavy atom. The van der Waals surface area contributed by atoms with Crippen LogP contribution in [0.1, 0.15) is 31.1 Å². The van der Waals surface area contributed by atoms with Crippen LogP contribution in [-0.4, -0.2) is 27.4 Å². The SMILES string of the molecule is COc1c2c(c(OC)c3c(OC)cccc13)[C@@H](C)O[C@H](C)C2. The van der Waals surface area contributed by atoms with Crippen molar-refractivity contribution in [2.45, 2.75) is 32.5 Å². The predicted molar refractivity (Wildman–Crippen MR) is 86.3 cm³/mol. The summed E-state index contributed by atoms with van der Waals surface area (Å²) in [7, 11) is 5.08. The number of hydrogen-bond acceptors (Lipinski definition) is 4. The third-order valence-electron chi connectivity index (χ3n) is 4.30. The Morgan fingerprint density at radius 1 is 1.00 bits per heavy atom. The number of methoxy groups -OCH3 is 3. The summed E-state index contributed by atoms with van der Waals surface area (Å²) in [6, 6.07) is 5.96. The van der Waals surface area contributed by atoms with Gasteiger partial charge in [0.2, 0.25) is 0 Å². The first-order valence-electron chi connectivity index (χ1n) is 7.51. The van der Waals surface area contributed by atoms with E-state index in [9.17, 15) is 0 Å². The highest BCUT2D eigenvalue weighted by Crippen LogP contribution is 2.49. The standard InChI is InChI=1S/C18H22O4/c1-10-9-13-15(11(2)22-10)18(21-5)16-12(17(13)20-4)7-6-8-14(16)19-3/h6-8,10-11H,9H2,1-5H3/t10-,11-/m1/s1. The van der Waals surface area contributed by atoms with Gasteiger partial charge in [0.1, 0.15) is 17.2 Å². The van der Waals surface area contributed by atoms with Crippen LogP contribution in [0.3, 0.4) is 0 Å². The van der Waals surface area contributed by atoms with Gasteiger partial charge in [0.05, 0.1) is 38.9 Å². The lowest BCUT2D eigenvalue weighted by Crippen LogP contribution is -2.23.